The fraction of sp³-hybridized carbons (Fsp3) is 0.0909. The number of hydrogen-bond donors (Lipinski definition) is 0. The molecule has 0 bridgehead atoms. The highest BCUT2D eigenvalue weighted by Gasteiger charge is 2.11. The third-order valence-electron chi connectivity index (χ3n) is 2.23. The molecule has 1 heterocycles. The highest BCUT2D eigenvalue weighted by molar-refractivity contribution is 6.42. The van der Waals surface area contributed by atoms with Crippen LogP contribution in [0.25, 0.3) is 10.9 Å². The van der Waals surface area contributed by atoms with Crippen LogP contribution in [0, 0.1) is 18.3 Å². The molecule has 0 spiro atoms. The Labute approximate surface area is 97.1 Å². The Balaban J connectivity index is 3.00. The van der Waals surface area contributed by atoms with Gasteiger partial charge in [0.1, 0.15) is 6.07 Å². The molecule has 0 atom stereocenters. The summed E-state index contributed by atoms with van der Waals surface area (Å²) in [6, 6.07) is 5.61. The normalized spacial score (nSPS) is 10.3. The summed E-state index contributed by atoms with van der Waals surface area (Å²) in [5.41, 5.74) is 2.07. The largest absolute Gasteiger partial charge is 0.254 e. The molecule has 0 N–H and O–H groups in total. The summed E-state index contributed by atoms with van der Waals surface area (Å²) >= 11 is 12.1. The van der Waals surface area contributed by atoms with E-state index in [1.165, 1.54) is 6.20 Å². The van der Waals surface area contributed by atoms with E-state index in [1.807, 2.05) is 19.1 Å². The minimum absolute atomic E-state index is 0.344. The van der Waals surface area contributed by atoms with Crippen molar-refractivity contribution in [1.29, 1.82) is 5.26 Å². The molecule has 15 heavy (non-hydrogen) atoms. The maximum absolute atomic E-state index is 8.82. The molecule has 0 amide bonds. The molecule has 2 nitrogen and oxygen atoms in total. The summed E-state index contributed by atoms with van der Waals surface area (Å²) in [5, 5.41) is 10.4. The first-order valence-electron chi connectivity index (χ1n) is 4.28. The summed E-state index contributed by atoms with van der Waals surface area (Å²) in [5.74, 6) is 0. The van der Waals surface area contributed by atoms with Crippen LogP contribution in [0.4, 0.5) is 0 Å². The van der Waals surface area contributed by atoms with E-state index in [1.54, 1.807) is 6.07 Å². The number of pyridine rings is 1. The lowest BCUT2D eigenvalue weighted by molar-refractivity contribution is 1.34. The molecule has 0 saturated carbocycles. The summed E-state index contributed by atoms with van der Waals surface area (Å²) in [7, 11) is 0. The Morgan fingerprint density at radius 3 is 2.73 bits per heavy atom. The van der Waals surface area contributed by atoms with Gasteiger partial charge in [0.2, 0.25) is 0 Å². The molecule has 0 aliphatic carbocycles. The van der Waals surface area contributed by atoms with E-state index in [4.69, 9.17) is 28.5 Å². The lowest BCUT2D eigenvalue weighted by Crippen LogP contribution is -1.88. The zero-order chi connectivity index (χ0) is 11.0. The fourth-order valence-corrected chi connectivity index (χ4v) is 2.02. The van der Waals surface area contributed by atoms with E-state index < -0.39 is 0 Å². The van der Waals surface area contributed by atoms with Gasteiger partial charge in [-0.25, -0.2) is 0 Å². The van der Waals surface area contributed by atoms with Crippen LogP contribution in [-0.4, -0.2) is 4.98 Å². The van der Waals surface area contributed by atoms with Crippen LogP contribution in [0.2, 0.25) is 10.0 Å². The number of fused-ring (bicyclic) bond motifs is 1. The monoisotopic (exact) mass is 236 g/mol. The molecule has 0 fully saturated rings. The van der Waals surface area contributed by atoms with Gasteiger partial charge in [0, 0.05) is 11.6 Å². The third kappa shape index (κ3) is 1.54. The number of nitrogens with zero attached hydrogens (tertiary/aromatic N) is 2. The lowest BCUT2D eigenvalue weighted by Gasteiger charge is -2.05. The van der Waals surface area contributed by atoms with E-state index in [0.29, 0.717) is 21.0 Å². The van der Waals surface area contributed by atoms with Crippen molar-refractivity contribution in [3.05, 3.63) is 39.5 Å². The Morgan fingerprint density at radius 2 is 2.07 bits per heavy atom. The van der Waals surface area contributed by atoms with Crippen LogP contribution < -0.4 is 0 Å². The number of hydrogen-bond acceptors (Lipinski definition) is 2. The summed E-state index contributed by atoms with van der Waals surface area (Å²) in [4.78, 5) is 4.18. The van der Waals surface area contributed by atoms with E-state index >= 15 is 0 Å². The molecule has 74 valence electrons. The quantitative estimate of drug-likeness (QED) is 0.700. The number of halogens is 2. The van der Waals surface area contributed by atoms with Gasteiger partial charge in [0.15, 0.2) is 0 Å². The fourth-order valence-electron chi connectivity index (χ4n) is 1.44. The first-order valence-corrected chi connectivity index (χ1v) is 5.04. The molecule has 0 aliphatic rings. The standard InChI is InChI=1S/C11H6Cl2N2/c1-6-2-3-8(12)9-10(13)7(4-14)5-15-11(6)9/h2-3,5H,1H3. The molecular formula is C11H6Cl2N2. The topological polar surface area (TPSA) is 36.7 Å². The summed E-state index contributed by atoms with van der Waals surface area (Å²) in [6.07, 6.45) is 1.47. The highest BCUT2D eigenvalue weighted by atomic mass is 35.5. The number of rotatable bonds is 0. The third-order valence-corrected chi connectivity index (χ3v) is 2.94. The predicted molar refractivity (Wildman–Crippen MR) is 61.2 cm³/mol. The highest BCUT2D eigenvalue weighted by Crippen LogP contribution is 2.32. The first-order chi connectivity index (χ1) is 7.15. The Kier molecular flexibility index (Phi) is 2.52. The molecule has 0 unspecified atom stereocenters. The van der Waals surface area contributed by atoms with Crippen molar-refractivity contribution in [3.63, 3.8) is 0 Å². The molecular weight excluding hydrogens is 231 g/mol. The van der Waals surface area contributed by atoms with Crippen molar-refractivity contribution in [3.8, 4) is 6.07 Å². The smallest absolute Gasteiger partial charge is 0.102 e. The summed E-state index contributed by atoms with van der Waals surface area (Å²) < 4.78 is 0. The second-order valence-corrected chi connectivity index (χ2v) is 3.97. The van der Waals surface area contributed by atoms with E-state index in [9.17, 15) is 0 Å². The van der Waals surface area contributed by atoms with Crippen LogP contribution in [0.15, 0.2) is 18.3 Å². The number of aromatic nitrogens is 1. The van der Waals surface area contributed by atoms with Crippen LogP contribution in [0.1, 0.15) is 11.1 Å². The van der Waals surface area contributed by atoms with Gasteiger partial charge in [0.25, 0.3) is 0 Å². The predicted octanol–water partition coefficient (Wildman–Crippen LogP) is 3.72. The Morgan fingerprint density at radius 1 is 1.33 bits per heavy atom. The first kappa shape index (κ1) is 10.2. The van der Waals surface area contributed by atoms with Crippen molar-refractivity contribution in [2.75, 3.05) is 0 Å². The molecule has 4 heteroatoms. The Hall–Kier alpha value is -1.30. The average Bonchev–Trinajstić information content (AvgIpc) is 2.23. The van der Waals surface area contributed by atoms with Gasteiger partial charge in [-0.3, -0.25) is 4.98 Å². The number of benzene rings is 1. The molecule has 1 aromatic heterocycles. The van der Waals surface area contributed by atoms with Crippen molar-refractivity contribution in [1.82, 2.24) is 4.98 Å². The SMILES string of the molecule is Cc1ccc(Cl)c2c(Cl)c(C#N)cnc12. The van der Waals surface area contributed by atoms with Crippen molar-refractivity contribution in [2.45, 2.75) is 6.92 Å². The molecule has 0 radical (unpaired) electrons. The van der Waals surface area contributed by atoms with Crippen LogP contribution in [-0.2, 0) is 0 Å². The van der Waals surface area contributed by atoms with E-state index in [0.717, 1.165) is 11.1 Å². The van der Waals surface area contributed by atoms with Gasteiger partial charge >= 0.3 is 0 Å². The molecule has 1 aromatic carbocycles. The minimum Gasteiger partial charge on any atom is -0.254 e. The van der Waals surface area contributed by atoms with Gasteiger partial charge in [0.05, 0.1) is 21.1 Å². The molecule has 2 rings (SSSR count). The van der Waals surface area contributed by atoms with Gasteiger partial charge in [-0.15, -0.1) is 0 Å². The number of nitriles is 1. The molecule has 2 aromatic rings. The van der Waals surface area contributed by atoms with Crippen LogP contribution in [0.3, 0.4) is 0 Å². The molecule has 0 aliphatic heterocycles. The minimum atomic E-state index is 0.344. The zero-order valence-corrected chi connectivity index (χ0v) is 9.39. The maximum atomic E-state index is 8.82. The van der Waals surface area contributed by atoms with Gasteiger partial charge < -0.3 is 0 Å². The van der Waals surface area contributed by atoms with Gasteiger partial charge in [-0.1, -0.05) is 29.3 Å². The zero-order valence-electron chi connectivity index (χ0n) is 7.88. The van der Waals surface area contributed by atoms with E-state index in [2.05, 4.69) is 4.98 Å². The van der Waals surface area contributed by atoms with Crippen molar-refractivity contribution < 1.29 is 0 Å². The van der Waals surface area contributed by atoms with Crippen molar-refractivity contribution in [2.24, 2.45) is 0 Å². The molecule has 0 saturated heterocycles. The second-order valence-electron chi connectivity index (χ2n) is 3.19. The van der Waals surface area contributed by atoms with Gasteiger partial charge in [-0.2, -0.15) is 5.26 Å². The lowest BCUT2D eigenvalue weighted by atomic mass is 10.1. The number of aryl methyl sites for hydroxylation is 1. The average molecular weight is 237 g/mol. The van der Waals surface area contributed by atoms with Crippen LogP contribution in [0.5, 0.6) is 0 Å². The van der Waals surface area contributed by atoms with Gasteiger partial charge in [-0.05, 0) is 18.6 Å². The Bertz CT molecular complexity index is 585. The van der Waals surface area contributed by atoms with Crippen LogP contribution >= 0.6 is 23.2 Å². The summed E-state index contributed by atoms with van der Waals surface area (Å²) in [6.45, 7) is 1.92. The maximum Gasteiger partial charge on any atom is 0.102 e. The van der Waals surface area contributed by atoms with Crippen molar-refractivity contribution >= 4 is 34.1 Å². The second kappa shape index (κ2) is 3.69. The van der Waals surface area contributed by atoms with E-state index in [-0.39, 0.29) is 0 Å².